The van der Waals surface area contributed by atoms with Crippen molar-refractivity contribution >= 4 is 0 Å². The molecule has 1 aliphatic rings. The number of hydrogen-bond donors (Lipinski definition) is 1. The summed E-state index contributed by atoms with van der Waals surface area (Å²) in [5.74, 6) is 2.55. The van der Waals surface area contributed by atoms with E-state index in [9.17, 15) is 0 Å². The monoisotopic (exact) mass is 465 g/mol. The standard InChI is InChI=1S/C31H31NO3/c1-33-27-12-13-30-26(19-27)14-15-32-31(30)18-25-16-28(34-21-23-8-4-2-5-9-23)20-29(17-25)35-22-24-10-6-3-7-11-24/h2-13,16-17,19-20,31-32H,14-15,18,21-22H2,1H3. The molecule has 1 heterocycles. The summed E-state index contributed by atoms with van der Waals surface area (Å²) in [7, 11) is 1.72. The van der Waals surface area contributed by atoms with Gasteiger partial charge in [0.2, 0.25) is 0 Å². The van der Waals surface area contributed by atoms with E-state index in [1.165, 1.54) is 16.7 Å². The second-order valence-corrected chi connectivity index (χ2v) is 8.89. The van der Waals surface area contributed by atoms with Gasteiger partial charge in [0, 0.05) is 12.1 Å². The lowest BCUT2D eigenvalue weighted by molar-refractivity contribution is 0.289. The molecule has 0 aromatic heterocycles. The van der Waals surface area contributed by atoms with Crippen molar-refractivity contribution in [2.45, 2.75) is 32.1 Å². The van der Waals surface area contributed by atoms with E-state index >= 15 is 0 Å². The molecule has 0 spiro atoms. The normalized spacial score (nSPS) is 14.7. The minimum absolute atomic E-state index is 0.232. The first-order valence-corrected chi connectivity index (χ1v) is 12.1. The van der Waals surface area contributed by atoms with Gasteiger partial charge >= 0.3 is 0 Å². The maximum Gasteiger partial charge on any atom is 0.123 e. The highest BCUT2D eigenvalue weighted by atomic mass is 16.5. The van der Waals surface area contributed by atoms with E-state index in [4.69, 9.17) is 14.2 Å². The number of benzene rings is 4. The highest BCUT2D eigenvalue weighted by Gasteiger charge is 2.21. The van der Waals surface area contributed by atoms with Gasteiger partial charge < -0.3 is 19.5 Å². The number of nitrogens with one attached hydrogen (secondary N) is 1. The molecule has 5 rings (SSSR count). The Bertz CT molecular complexity index is 1180. The van der Waals surface area contributed by atoms with Crippen LogP contribution in [0.1, 0.15) is 33.9 Å². The fourth-order valence-corrected chi connectivity index (χ4v) is 4.57. The van der Waals surface area contributed by atoms with E-state index < -0.39 is 0 Å². The van der Waals surface area contributed by atoms with Crippen LogP contribution >= 0.6 is 0 Å². The van der Waals surface area contributed by atoms with Crippen LogP contribution in [0.4, 0.5) is 0 Å². The molecule has 178 valence electrons. The average Bonchev–Trinajstić information content (AvgIpc) is 2.92. The lowest BCUT2D eigenvalue weighted by Gasteiger charge is -2.28. The van der Waals surface area contributed by atoms with E-state index in [0.717, 1.165) is 47.8 Å². The van der Waals surface area contributed by atoms with E-state index in [1.807, 2.05) is 48.5 Å². The zero-order chi connectivity index (χ0) is 23.9. The number of ether oxygens (including phenoxy) is 3. The van der Waals surface area contributed by atoms with Crippen LogP contribution < -0.4 is 19.5 Å². The molecule has 1 unspecified atom stereocenters. The summed E-state index contributed by atoms with van der Waals surface area (Å²) in [4.78, 5) is 0. The number of fused-ring (bicyclic) bond motifs is 1. The van der Waals surface area contributed by atoms with Crippen molar-refractivity contribution < 1.29 is 14.2 Å². The van der Waals surface area contributed by atoms with E-state index in [-0.39, 0.29) is 6.04 Å². The van der Waals surface area contributed by atoms with Gasteiger partial charge in [-0.15, -0.1) is 0 Å². The third-order valence-corrected chi connectivity index (χ3v) is 6.39. The summed E-state index contributed by atoms with van der Waals surface area (Å²) in [5.41, 5.74) is 6.15. The Morgan fingerprint density at radius 2 is 1.31 bits per heavy atom. The summed E-state index contributed by atoms with van der Waals surface area (Å²) in [6.45, 7) is 1.99. The molecule has 35 heavy (non-hydrogen) atoms. The van der Waals surface area contributed by atoms with E-state index in [2.05, 4.69) is 53.8 Å². The lowest BCUT2D eigenvalue weighted by Crippen LogP contribution is -2.31. The SMILES string of the molecule is COc1ccc2c(c1)CCNC2Cc1cc(OCc2ccccc2)cc(OCc2ccccc2)c1. The first-order chi connectivity index (χ1) is 17.3. The summed E-state index contributed by atoms with van der Waals surface area (Å²) in [6, 6.07) is 33.4. The van der Waals surface area contributed by atoms with Gasteiger partial charge in [0.1, 0.15) is 30.5 Å². The zero-order valence-electron chi connectivity index (χ0n) is 20.1. The van der Waals surface area contributed by atoms with Gasteiger partial charge in [0.15, 0.2) is 0 Å². The minimum Gasteiger partial charge on any atom is -0.497 e. The van der Waals surface area contributed by atoms with E-state index in [0.29, 0.717) is 13.2 Å². The van der Waals surface area contributed by atoms with Gasteiger partial charge in [-0.25, -0.2) is 0 Å². The second kappa shape index (κ2) is 11.1. The van der Waals surface area contributed by atoms with Gasteiger partial charge in [-0.1, -0.05) is 66.7 Å². The van der Waals surface area contributed by atoms with Crippen molar-refractivity contribution in [3.8, 4) is 17.2 Å². The highest BCUT2D eigenvalue weighted by Crippen LogP contribution is 2.32. The summed E-state index contributed by atoms with van der Waals surface area (Å²) in [6.07, 6.45) is 1.86. The van der Waals surface area contributed by atoms with Gasteiger partial charge in [-0.3, -0.25) is 0 Å². The molecular weight excluding hydrogens is 434 g/mol. The third-order valence-electron chi connectivity index (χ3n) is 6.39. The molecule has 0 saturated carbocycles. The average molecular weight is 466 g/mol. The van der Waals surface area contributed by atoms with Crippen molar-refractivity contribution in [1.82, 2.24) is 5.32 Å². The Kier molecular flexibility index (Phi) is 7.30. The Morgan fingerprint density at radius 1 is 0.686 bits per heavy atom. The fourth-order valence-electron chi connectivity index (χ4n) is 4.57. The molecule has 0 aliphatic carbocycles. The van der Waals surface area contributed by atoms with Crippen molar-refractivity contribution in [3.05, 3.63) is 125 Å². The molecule has 1 aliphatic heterocycles. The third kappa shape index (κ3) is 6.03. The number of methoxy groups -OCH3 is 1. The first kappa shape index (κ1) is 23.0. The molecule has 4 aromatic carbocycles. The summed E-state index contributed by atoms with van der Waals surface area (Å²) < 4.78 is 17.8. The van der Waals surface area contributed by atoms with Crippen LogP contribution in [-0.2, 0) is 26.1 Å². The molecule has 4 aromatic rings. The van der Waals surface area contributed by atoms with Gasteiger partial charge in [-0.2, -0.15) is 0 Å². The van der Waals surface area contributed by atoms with Gasteiger partial charge in [0.25, 0.3) is 0 Å². The number of rotatable bonds is 9. The minimum atomic E-state index is 0.232. The summed E-state index contributed by atoms with van der Waals surface area (Å²) in [5, 5.41) is 3.69. The Morgan fingerprint density at radius 3 is 1.91 bits per heavy atom. The topological polar surface area (TPSA) is 39.7 Å². The van der Waals surface area contributed by atoms with Crippen LogP contribution in [0, 0.1) is 0 Å². The quantitative estimate of drug-likeness (QED) is 0.316. The van der Waals surface area contributed by atoms with E-state index in [1.54, 1.807) is 7.11 Å². The molecule has 0 fully saturated rings. The predicted octanol–water partition coefficient (Wildman–Crippen LogP) is 6.28. The van der Waals surface area contributed by atoms with Crippen LogP contribution in [0.3, 0.4) is 0 Å². The number of hydrogen-bond acceptors (Lipinski definition) is 4. The van der Waals surface area contributed by atoms with Crippen molar-refractivity contribution in [3.63, 3.8) is 0 Å². The molecule has 4 heteroatoms. The Hall–Kier alpha value is -3.76. The van der Waals surface area contributed by atoms with Crippen LogP contribution in [0.5, 0.6) is 17.2 Å². The van der Waals surface area contributed by atoms with Crippen molar-refractivity contribution in [2.75, 3.05) is 13.7 Å². The molecule has 0 bridgehead atoms. The highest BCUT2D eigenvalue weighted by molar-refractivity contribution is 5.43. The second-order valence-electron chi connectivity index (χ2n) is 8.89. The fraction of sp³-hybridized carbons (Fsp3) is 0.226. The smallest absolute Gasteiger partial charge is 0.123 e. The molecule has 4 nitrogen and oxygen atoms in total. The predicted molar refractivity (Wildman–Crippen MR) is 139 cm³/mol. The van der Waals surface area contributed by atoms with Crippen LogP contribution in [0.15, 0.2) is 97.1 Å². The Balaban J connectivity index is 1.37. The van der Waals surface area contributed by atoms with Crippen molar-refractivity contribution in [1.29, 1.82) is 0 Å². The zero-order valence-corrected chi connectivity index (χ0v) is 20.1. The lowest BCUT2D eigenvalue weighted by atomic mass is 9.90. The van der Waals surface area contributed by atoms with Gasteiger partial charge in [0.05, 0.1) is 7.11 Å². The maximum absolute atomic E-state index is 6.20. The van der Waals surface area contributed by atoms with Crippen LogP contribution in [0.2, 0.25) is 0 Å². The summed E-state index contributed by atoms with van der Waals surface area (Å²) >= 11 is 0. The van der Waals surface area contributed by atoms with Gasteiger partial charge in [-0.05, 0) is 71.5 Å². The van der Waals surface area contributed by atoms with Crippen LogP contribution in [-0.4, -0.2) is 13.7 Å². The maximum atomic E-state index is 6.20. The largest absolute Gasteiger partial charge is 0.497 e. The van der Waals surface area contributed by atoms with Crippen LogP contribution in [0.25, 0.3) is 0 Å². The molecule has 0 radical (unpaired) electrons. The molecule has 0 amide bonds. The molecule has 1 N–H and O–H groups in total. The Labute approximate surface area is 207 Å². The molecule has 1 atom stereocenters. The molecule has 0 saturated heterocycles. The molecular formula is C31H31NO3. The van der Waals surface area contributed by atoms with Crippen molar-refractivity contribution in [2.24, 2.45) is 0 Å². The first-order valence-electron chi connectivity index (χ1n) is 12.1.